The number of rotatable bonds is 6. The van der Waals surface area contributed by atoms with E-state index in [0.29, 0.717) is 5.39 Å². The molecule has 0 aliphatic carbocycles. The van der Waals surface area contributed by atoms with Crippen molar-refractivity contribution in [2.75, 3.05) is 20.7 Å². The monoisotopic (exact) mass is 342 g/mol. The summed E-state index contributed by atoms with van der Waals surface area (Å²) in [6.07, 6.45) is 0. The number of carbonyl (C=O) groups excluding carboxylic acids is 1. The predicted molar refractivity (Wildman–Crippen MR) is 86.9 cm³/mol. The fourth-order valence-corrected chi connectivity index (χ4v) is 4.87. The lowest BCUT2D eigenvalue weighted by Crippen LogP contribution is -2.37. The van der Waals surface area contributed by atoms with Crippen LogP contribution in [-0.2, 0) is 14.8 Å². The van der Waals surface area contributed by atoms with E-state index in [2.05, 4.69) is 10.0 Å². The van der Waals surface area contributed by atoms with Gasteiger partial charge in [-0.15, -0.1) is 11.3 Å². The van der Waals surface area contributed by atoms with Crippen LogP contribution in [0.3, 0.4) is 0 Å². The standard InChI is InChI=1S/C14H18N2O4S2/c1-9(15-2)8-16-22(18,19)13-10-6-4-5-7-11(10)21-12(13)14(17)20-3/h4-7,9,15-16H,8H2,1-3H3. The molecule has 0 saturated carbocycles. The van der Waals surface area contributed by atoms with Crippen LogP contribution >= 0.6 is 11.3 Å². The number of hydrogen-bond donors (Lipinski definition) is 2. The van der Waals surface area contributed by atoms with Gasteiger partial charge in [0.15, 0.2) is 0 Å². The Bertz CT molecular complexity index is 783. The lowest BCUT2D eigenvalue weighted by Gasteiger charge is -2.12. The van der Waals surface area contributed by atoms with Crippen LogP contribution in [0.25, 0.3) is 10.1 Å². The molecule has 0 saturated heterocycles. The molecule has 1 unspecified atom stereocenters. The van der Waals surface area contributed by atoms with Crippen LogP contribution in [0.4, 0.5) is 0 Å². The average molecular weight is 342 g/mol. The Morgan fingerprint density at radius 3 is 2.68 bits per heavy atom. The summed E-state index contributed by atoms with van der Waals surface area (Å²) in [5.74, 6) is -0.650. The minimum absolute atomic E-state index is 0.0109. The van der Waals surface area contributed by atoms with Crippen LogP contribution in [0, 0.1) is 0 Å². The van der Waals surface area contributed by atoms with Crippen molar-refractivity contribution in [1.82, 2.24) is 10.0 Å². The molecule has 2 rings (SSSR count). The highest BCUT2D eigenvalue weighted by Crippen LogP contribution is 2.34. The number of benzene rings is 1. The summed E-state index contributed by atoms with van der Waals surface area (Å²) < 4.78 is 33.2. The van der Waals surface area contributed by atoms with Crippen molar-refractivity contribution in [2.45, 2.75) is 17.9 Å². The summed E-state index contributed by atoms with van der Waals surface area (Å²) in [6.45, 7) is 2.08. The third-order valence-corrected chi connectivity index (χ3v) is 6.05. The van der Waals surface area contributed by atoms with E-state index in [4.69, 9.17) is 4.74 Å². The Morgan fingerprint density at radius 1 is 1.36 bits per heavy atom. The second-order valence-corrected chi connectivity index (χ2v) is 7.55. The summed E-state index contributed by atoms with van der Waals surface area (Å²) in [4.78, 5) is 12.0. The van der Waals surface area contributed by atoms with Crippen molar-refractivity contribution < 1.29 is 17.9 Å². The van der Waals surface area contributed by atoms with Gasteiger partial charge in [-0.05, 0) is 20.0 Å². The maximum absolute atomic E-state index is 12.6. The van der Waals surface area contributed by atoms with Gasteiger partial charge in [0.25, 0.3) is 0 Å². The van der Waals surface area contributed by atoms with E-state index in [1.54, 1.807) is 31.3 Å². The van der Waals surface area contributed by atoms with Crippen LogP contribution in [0.15, 0.2) is 29.2 Å². The highest BCUT2D eigenvalue weighted by Gasteiger charge is 2.28. The van der Waals surface area contributed by atoms with E-state index in [0.717, 1.165) is 16.0 Å². The zero-order valence-corrected chi connectivity index (χ0v) is 14.2. The molecule has 2 aromatic rings. The Balaban J connectivity index is 2.54. The third kappa shape index (κ3) is 3.30. The highest BCUT2D eigenvalue weighted by atomic mass is 32.2. The van der Waals surface area contributed by atoms with Gasteiger partial charge in [-0.2, -0.15) is 0 Å². The first-order chi connectivity index (χ1) is 10.4. The largest absolute Gasteiger partial charge is 0.465 e. The molecule has 2 N–H and O–H groups in total. The number of fused-ring (bicyclic) bond motifs is 1. The Morgan fingerprint density at radius 2 is 2.05 bits per heavy atom. The Hall–Kier alpha value is -1.48. The number of ether oxygens (including phenoxy) is 1. The molecule has 0 fully saturated rings. The van der Waals surface area contributed by atoms with Crippen molar-refractivity contribution in [2.24, 2.45) is 0 Å². The number of thiophene rings is 1. The SMILES string of the molecule is CNC(C)CNS(=O)(=O)c1c(C(=O)OC)sc2ccccc12. The number of hydrogen-bond acceptors (Lipinski definition) is 6. The van der Waals surface area contributed by atoms with Gasteiger partial charge in [0.05, 0.1) is 7.11 Å². The van der Waals surface area contributed by atoms with E-state index >= 15 is 0 Å². The Kier molecular flexibility index (Phi) is 5.17. The molecule has 8 heteroatoms. The number of likely N-dealkylation sites (N-methyl/N-ethyl adjacent to an activating group) is 1. The minimum atomic E-state index is -3.81. The van der Waals surface area contributed by atoms with E-state index in [1.165, 1.54) is 7.11 Å². The molecule has 1 atom stereocenters. The maximum Gasteiger partial charge on any atom is 0.349 e. The zero-order valence-electron chi connectivity index (χ0n) is 12.5. The molecule has 0 spiro atoms. The van der Waals surface area contributed by atoms with Crippen LogP contribution in [0.2, 0.25) is 0 Å². The Labute approximate surface area is 133 Å². The molecule has 0 bridgehead atoms. The normalized spacial score (nSPS) is 13.2. The quantitative estimate of drug-likeness (QED) is 0.779. The lowest BCUT2D eigenvalue weighted by atomic mass is 10.2. The van der Waals surface area contributed by atoms with Gasteiger partial charge in [0.2, 0.25) is 10.0 Å². The molecule has 0 aliphatic rings. The number of methoxy groups -OCH3 is 1. The van der Waals surface area contributed by atoms with Crippen molar-refractivity contribution in [3.8, 4) is 0 Å². The topological polar surface area (TPSA) is 84.5 Å². The van der Waals surface area contributed by atoms with E-state index in [-0.39, 0.29) is 22.4 Å². The van der Waals surface area contributed by atoms with Gasteiger partial charge in [-0.3, -0.25) is 0 Å². The molecule has 0 amide bonds. The number of sulfonamides is 1. The van der Waals surface area contributed by atoms with Gasteiger partial charge >= 0.3 is 5.97 Å². The summed E-state index contributed by atoms with van der Waals surface area (Å²) in [5.41, 5.74) is 0. The highest BCUT2D eigenvalue weighted by molar-refractivity contribution is 7.90. The average Bonchev–Trinajstić information content (AvgIpc) is 2.92. The first kappa shape index (κ1) is 16.9. The summed E-state index contributed by atoms with van der Waals surface area (Å²) in [7, 11) is -0.830. The molecule has 22 heavy (non-hydrogen) atoms. The van der Waals surface area contributed by atoms with Crippen LogP contribution in [-0.4, -0.2) is 41.1 Å². The lowest BCUT2D eigenvalue weighted by molar-refractivity contribution is 0.0602. The maximum atomic E-state index is 12.6. The minimum Gasteiger partial charge on any atom is -0.465 e. The van der Waals surface area contributed by atoms with E-state index < -0.39 is 16.0 Å². The molecular weight excluding hydrogens is 324 g/mol. The van der Waals surface area contributed by atoms with Crippen molar-refractivity contribution in [3.63, 3.8) is 0 Å². The summed E-state index contributed by atoms with van der Waals surface area (Å²) >= 11 is 1.11. The number of esters is 1. The molecule has 1 aromatic carbocycles. The van der Waals surface area contributed by atoms with Gasteiger partial charge in [-0.1, -0.05) is 18.2 Å². The summed E-state index contributed by atoms with van der Waals surface area (Å²) in [5, 5.41) is 3.48. The smallest absolute Gasteiger partial charge is 0.349 e. The molecule has 6 nitrogen and oxygen atoms in total. The van der Waals surface area contributed by atoms with Gasteiger partial charge in [-0.25, -0.2) is 17.9 Å². The molecular formula is C14H18N2O4S2. The van der Waals surface area contributed by atoms with Crippen LogP contribution in [0.5, 0.6) is 0 Å². The zero-order chi connectivity index (χ0) is 16.3. The summed E-state index contributed by atoms with van der Waals surface area (Å²) in [6, 6.07) is 6.98. The first-order valence-electron chi connectivity index (χ1n) is 6.67. The molecule has 120 valence electrons. The fourth-order valence-electron chi connectivity index (χ4n) is 1.92. The molecule has 0 radical (unpaired) electrons. The van der Waals surface area contributed by atoms with Crippen molar-refractivity contribution >= 4 is 37.4 Å². The van der Waals surface area contributed by atoms with Gasteiger partial charge in [0, 0.05) is 22.7 Å². The van der Waals surface area contributed by atoms with Crippen molar-refractivity contribution in [3.05, 3.63) is 29.1 Å². The second kappa shape index (κ2) is 6.74. The number of nitrogens with one attached hydrogen (secondary N) is 2. The predicted octanol–water partition coefficient (Wildman–Crippen LogP) is 1.57. The molecule has 1 aromatic heterocycles. The number of carbonyl (C=O) groups is 1. The second-order valence-electron chi connectivity index (χ2n) is 4.79. The van der Waals surface area contributed by atoms with Gasteiger partial charge < -0.3 is 10.1 Å². The first-order valence-corrected chi connectivity index (χ1v) is 8.97. The van der Waals surface area contributed by atoms with Crippen molar-refractivity contribution in [1.29, 1.82) is 0 Å². The molecule has 0 aliphatic heterocycles. The third-order valence-electron chi connectivity index (χ3n) is 3.26. The van der Waals surface area contributed by atoms with E-state index in [9.17, 15) is 13.2 Å². The fraction of sp³-hybridized carbons (Fsp3) is 0.357. The van der Waals surface area contributed by atoms with E-state index in [1.807, 2.05) is 6.92 Å². The van der Waals surface area contributed by atoms with Gasteiger partial charge in [0.1, 0.15) is 9.77 Å². The van der Waals surface area contributed by atoms with Crippen LogP contribution < -0.4 is 10.0 Å². The van der Waals surface area contributed by atoms with Crippen LogP contribution in [0.1, 0.15) is 16.6 Å². The molecule has 1 heterocycles.